The smallest absolute Gasteiger partial charge is 0.191 e. The Bertz CT molecular complexity index is 474. The molecular weight excluding hydrogens is 413 g/mol. The monoisotopic (exact) mass is 447 g/mol. The van der Waals surface area contributed by atoms with E-state index in [4.69, 9.17) is 0 Å². The molecule has 5 nitrogen and oxygen atoms in total. The lowest BCUT2D eigenvalue weighted by Gasteiger charge is -2.21. The van der Waals surface area contributed by atoms with Crippen molar-refractivity contribution in [1.82, 2.24) is 20.5 Å². The number of nitrogens with one attached hydrogen (secondary N) is 2. The molecule has 0 fully saturated rings. The lowest BCUT2D eigenvalue weighted by Crippen LogP contribution is -2.42. The van der Waals surface area contributed by atoms with E-state index < -0.39 is 0 Å². The highest BCUT2D eigenvalue weighted by Crippen LogP contribution is 2.03. The second kappa shape index (κ2) is 13.4. The van der Waals surface area contributed by atoms with Gasteiger partial charge in [-0.25, -0.2) is 0 Å². The summed E-state index contributed by atoms with van der Waals surface area (Å²) in [7, 11) is 1.81. The van der Waals surface area contributed by atoms with Crippen LogP contribution in [0.3, 0.4) is 0 Å². The minimum atomic E-state index is 0. The van der Waals surface area contributed by atoms with Crippen molar-refractivity contribution in [2.75, 3.05) is 26.7 Å². The summed E-state index contributed by atoms with van der Waals surface area (Å²) in [6.45, 7) is 12.8. The maximum absolute atomic E-state index is 4.40. The predicted octanol–water partition coefficient (Wildman–Crippen LogP) is 3.18. The van der Waals surface area contributed by atoms with Crippen molar-refractivity contribution in [1.29, 1.82) is 0 Å². The van der Waals surface area contributed by atoms with E-state index >= 15 is 0 Å². The zero-order chi connectivity index (χ0) is 17.1. The van der Waals surface area contributed by atoms with Crippen LogP contribution in [-0.2, 0) is 6.54 Å². The molecule has 6 heteroatoms. The summed E-state index contributed by atoms with van der Waals surface area (Å²) in [6, 6.07) is 4.45. The molecule has 0 aliphatic rings. The molecule has 1 rings (SSSR count). The van der Waals surface area contributed by atoms with Gasteiger partial charge in [0.2, 0.25) is 0 Å². The summed E-state index contributed by atoms with van der Waals surface area (Å²) < 4.78 is 0. The maximum atomic E-state index is 4.40. The second-order valence-corrected chi connectivity index (χ2v) is 5.91. The molecule has 0 amide bonds. The Morgan fingerprint density at radius 1 is 1.33 bits per heavy atom. The van der Waals surface area contributed by atoms with Crippen molar-refractivity contribution in [3.8, 4) is 0 Å². The molecule has 1 unspecified atom stereocenters. The number of nitrogens with zero attached hydrogens (tertiary/aromatic N) is 3. The fourth-order valence-corrected chi connectivity index (χ4v) is 2.53. The highest BCUT2D eigenvalue weighted by Gasteiger charge is 2.07. The first-order valence-corrected chi connectivity index (χ1v) is 8.70. The highest BCUT2D eigenvalue weighted by molar-refractivity contribution is 14.0. The van der Waals surface area contributed by atoms with Crippen LogP contribution in [0.4, 0.5) is 0 Å². The van der Waals surface area contributed by atoms with Gasteiger partial charge in [-0.2, -0.15) is 0 Å². The number of hydrogen-bond donors (Lipinski definition) is 2. The Labute approximate surface area is 164 Å². The van der Waals surface area contributed by atoms with Crippen molar-refractivity contribution in [2.24, 2.45) is 4.99 Å². The molecule has 0 saturated heterocycles. The number of guanidine groups is 1. The van der Waals surface area contributed by atoms with Crippen LogP contribution in [0.25, 0.3) is 0 Å². The maximum Gasteiger partial charge on any atom is 0.191 e. The predicted molar refractivity (Wildman–Crippen MR) is 114 cm³/mol. The molecule has 138 valence electrons. The molecule has 24 heavy (non-hydrogen) atoms. The van der Waals surface area contributed by atoms with Gasteiger partial charge in [-0.1, -0.05) is 19.9 Å². The zero-order valence-corrected chi connectivity index (χ0v) is 18.1. The van der Waals surface area contributed by atoms with E-state index in [0.29, 0.717) is 12.6 Å². The van der Waals surface area contributed by atoms with Gasteiger partial charge in [0.1, 0.15) is 0 Å². The molecule has 0 saturated carbocycles. The van der Waals surface area contributed by atoms with Crippen LogP contribution >= 0.6 is 24.0 Å². The van der Waals surface area contributed by atoms with Crippen LogP contribution in [0.5, 0.6) is 0 Å². The largest absolute Gasteiger partial charge is 0.354 e. The number of aliphatic imine (C=N–C) groups is 1. The van der Waals surface area contributed by atoms with E-state index in [2.05, 4.69) is 59.3 Å². The molecule has 1 aromatic rings. The lowest BCUT2D eigenvalue weighted by molar-refractivity contribution is 0.292. The van der Waals surface area contributed by atoms with Gasteiger partial charge in [-0.15, -0.1) is 24.0 Å². The summed E-state index contributed by atoms with van der Waals surface area (Å²) in [6.07, 6.45) is 4.17. The van der Waals surface area contributed by atoms with Gasteiger partial charge < -0.3 is 15.5 Å². The molecule has 0 bridgehead atoms. The summed E-state index contributed by atoms with van der Waals surface area (Å²) >= 11 is 0. The Morgan fingerprint density at radius 2 is 2.04 bits per heavy atom. The van der Waals surface area contributed by atoms with Crippen molar-refractivity contribution >= 4 is 29.9 Å². The molecule has 0 aromatic carbocycles. The SMILES string of the molecule is CCN(CC)CCCC(C)NC(=NC)NCc1ncccc1C.I. The van der Waals surface area contributed by atoms with Gasteiger partial charge in [0.05, 0.1) is 12.2 Å². The first kappa shape index (κ1) is 23.1. The summed E-state index contributed by atoms with van der Waals surface area (Å²) in [5.74, 6) is 0.838. The molecular formula is C18H34IN5. The van der Waals surface area contributed by atoms with E-state index in [9.17, 15) is 0 Å². The fourth-order valence-electron chi connectivity index (χ4n) is 2.53. The first-order valence-electron chi connectivity index (χ1n) is 8.70. The van der Waals surface area contributed by atoms with E-state index in [-0.39, 0.29) is 24.0 Å². The molecule has 1 heterocycles. The van der Waals surface area contributed by atoms with Crippen LogP contribution in [0, 0.1) is 6.92 Å². The Hall–Kier alpha value is -0.890. The molecule has 1 atom stereocenters. The van der Waals surface area contributed by atoms with E-state index in [1.54, 1.807) is 0 Å². The van der Waals surface area contributed by atoms with E-state index in [0.717, 1.165) is 37.7 Å². The van der Waals surface area contributed by atoms with Gasteiger partial charge in [0.25, 0.3) is 0 Å². The van der Waals surface area contributed by atoms with Crippen LogP contribution in [0.15, 0.2) is 23.3 Å². The van der Waals surface area contributed by atoms with Crippen molar-refractivity contribution in [3.63, 3.8) is 0 Å². The molecule has 0 aliphatic carbocycles. The molecule has 0 aliphatic heterocycles. The number of aryl methyl sites for hydroxylation is 1. The quantitative estimate of drug-likeness (QED) is 0.347. The third-order valence-electron chi connectivity index (χ3n) is 4.15. The second-order valence-electron chi connectivity index (χ2n) is 5.91. The summed E-state index contributed by atoms with van der Waals surface area (Å²) in [5.41, 5.74) is 2.26. The average molecular weight is 447 g/mol. The third-order valence-corrected chi connectivity index (χ3v) is 4.15. The fraction of sp³-hybridized carbons (Fsp3) is 0.667. The van der Waals surface area contributed by atoms with Gasteiger partial charge in [-0.3, -0.25) is 9.98 Å². The lowest BCUT2D eigenvalue weighted by atomic mass is 10.2. The number of halogens is 1. The van der Waals surface area contributed by atoms with E-state index in [1.807, 2.05) is 19.3 Å². The van der Waals surface area contributed by atoms with Crippen LogP contribution in [0.1, 0.15) is 44.9 Å². The van der Waals surface area contributed by atoms with Crippen LogP contribution < -0.4 is 10.6 Å². The topological polar surface area (TPSA) is 52.5 Å². The molecule has 2 N–H and O–H groups in total. The number of rotatable bonds is 9. The number of pyridine rings is 1. The number of aromatic nitrogens is 1. The van der Waals surface area contributed by atoms with Crippen molar-refractivity contribution in [2.45, 2.75) is 53.1 Å². The minimum Gasteiger partial charge on any atom is -0.354 e. The van der Waals surface area contributed by atoms with Crippen molar-refractivity contribution in [3.05, 3.63) is 29.6 Å². The molecule has 0 radical (unpaired) electrons. The van der Waals surface area contributed by atoms with Gasteiger partial charge in [0.15, 0.2) is 5.96 Å². The highest BCUT2D eigenvalue weighted by atomic mass is 127. The Balaban J connectivity index is 0.00000529. The Morgan fingerprint density at radius 3 is 2.62 bits per heavy atom. The van der Waals surface area contributed by atoms with Crippen LogP contribution in [-0.4, -0.2) is 48.6 Å². The summed E-state index contributed by atoms with van der Waals surface area (Å²) in [5, 5.41) is 6.80. The normalized spacial score (nSPS) is 12.7. The first-order chi connectivity index (χ1) is 11.1. The Kier molecular flexibility index (Phi) is 12.9. The molecule has 0 spiro atoms. The van der Waals surface area contributed by atoms with Gasteiger partial charge in [0, 0.05) is 19.3 Å². The summed E-state index contributed by atoms with van der Waals surface area (Å²) in [4.78, 5) is 11.2. The zero-order valence-electron chi connectivity index (χ0n) is 15.8. The average Bonchev–Trinajstić information content (AvgIpc) is 2.56. The van der Waals surface area contributed by atoms with Gasteiger partial charge in [-0.05, 0) is 58.0 Å². The number of hydrogen-bond acceptors (Lipinski definition) is 3. The molecule has 1 aromatic heterocycles. The van der Waals surface area contributed by atoms with Crippen molar-refractivity contribution < 1.29 is 0 Å². The van der Waals surface area contributed by atoms with Gasteiger partial charge >= 0.3 is 0 Å². The third kappa shape index (κ3) is 8.82. The van der Waals surface area contributed by atoms with Crippen LogP contribution in [0.2, 0.25) is 0 Å². The van der Waals surface area contributed by atoms with E-state index in [1.165, 1.54) is 12.0 Å². The minimum absolute atomic E-state index is 0. The standard InChI is InChI=1S/C18H33N5.HI/c1-6-23(7-2)13-9-11-16(4)22-18(19-5)21-14-17-15(3)10-8-12-20-17;/h8,10,12,16H,6-7,9,11,13-14H2,1-5H3,(H2,19,21,22);1H.